The number of Topliss-reactive ketones (excluding diaryl/α,β-unsaturated/α-hetero) is 2. The number of ketones is 2. The lowest BCUT2D eigenvalue weighted by Gasteiger charge is -2.04. The quantitative estimate of drug-likeness (QED) is 0.520. The molecule has 102 valence electrons. The number of methoxy groups -OCH3 is 1. The molecule has 0 aromatic heterocycles. The molecule has 0 amide bonds. The van der Waals surface area contributed by atoms with Crippen molar-refractivity contribution in [3.05, 3.63) is 59.7 Å². The van der Waals surface area contributed by atoms with Crippen LogP contribution in [0.15, 0.2) is 53.4 Å². The summed E-state index contributed by atoms with van der Waals surface area (Å²) in [6.45, 7) is 0. The van der Waals surface area contributed by atoms with Gasteiger partial charge in [0.25, 0.3) is 0 Å². The van der Waals surface area contributed by atoms with Gasteiger partial charge in [-0.2, -0.15) is 0 Å². The lowest BCUT2D eigenvalue weighted by atomic mass is 10.0. The normalized spacial score (nSPS) is 10.1. The van der Waals surface area contributed by atoms with E-state index < -0.39 is 0 Å². The maximum absolute atomic E-state index is 12.1. The number of hydrogen-bond donors (Lipinski definition) is 1. The third-order valence-corrected chi connectivity index (χ3v) is 3.33. The fourth-order valence-corrected chi connectivity index (χ4v) is 2.11. The zero-order valence-electron chi connectivity index (χ0n) is 11.0. The summed E-state index contributed by atoms with van der Waals surface area (Å²) < 4.78 is 5.03. The van der Waals surface area contributed by atoms with E-state index in [4.69, 9.17) is 4.74 Å². The molecule has 0 radical (unpaired) electrons. The predicted octanol–water partition coefficient (Wildman–Crippen LogP) is 3.44. The molecule has 20 heavy (non-hydrogen) atoms. The van der Waals surface area contributed by atoms with Crippen molar-refractivity contribution in [1.29, 1.82) is 0 Å². The number of ether oxygens (including phenoxy) is 1. The summed E-state index contributed by atoms with van der Waals surface area (Å²) >= 11 is 4.22. The smallest absolute Gasteiger partial charge is 0.171 e. The van der Waals surface area contributed by atoms with Crippen molar-refractivity contribution in [1.82, 2.24) is 0 Å². The molecular weight excluding hydrogens is 272 g/mol. The summed E-state index contributed by atoms with van der Waals surface area (Å²) in [5, 5.41) is 0. The lowest BCUT2D eigenvalue weighted by Crippen LogP contribution is -2.09. The minimum absolute atomic E-state index is 0.163. The second-order valence-electron chi connectivity index (χ2n) is 4.27. The minimum atomic E-state index is -0.226. The zero-order chi connectivity index (χ0) is 14.5. The molecule has 0 heterocycles. The highest BCUT2D eigenvalue weighted by Gasteiger charge is 2.15. The van der Waals surface area contributed by atoms with Gasteiger partial charge in [-0.15, -0.1) is 12.6 Å². The van der Waals surface area contributed by atoms with Crippen molar-refractivity contribution in [2.75, 3.05) is 7.11 Å². The summed E-state index contributed by atoms with van der Waals surface area (Å²) in [6, 6.07) is 13.7. The molecule has 0 saturated carbocycles. The van der Waals surface area contributed by atoms with Crippen molar-refractivity contribution < 1.29 is 14.3 Å². The molecule has 2 rings (SSSR count). The van der Waals surface area contributed by atoms with E-state index in [-0.39, 0.29) is 18.0 Å². The van der Waals surface area contributed by atoms with E-state index in [1.54, 1.807) is 55.6 Å². The number of benzene rings is 2. The molecule has 0 aliphatic heterocycles. The van der Waals surface area contributed by atoms with Crippen molar-refractivity contribution in [3.8, 4) is 5.75 Å². The Morgan fingerprint density at radius 1 is 1.00 bits per heavy atom. The Kier molecular flexibility index (Phi) is 4.58. The van der Waals surface area contributed by atoms with Crippen LogP contribution in [0.4, 0.5) is 0 Å². The summed E-state index contributed by atoms with van der Waals surface area (Å²) in [6.07, 6.45) is -0.163. The first-order chi connectivity index (χ1) is 9.61. The summed E-state index contributed by atoms with van der Waals surface area (Å²) in [7, 11) is 1.56. The van der Waals surface area contributed by atoms with E-state index in [2.05, 4.69) is 12.6 Å². The standard InChI is InChI=1S/C16H14O3S/c1-19-12-8-6-11(7-9-12)14(17)10-15(18)13-4-2-3-5-16(13)20/h2-9,20H,10H2,1H3. The van der Waals surface area contributed by atoms with Crippen LogP contribution in [0.25, 0.3) is 0 Å². The third-order valence-electron chi connectivity index (χ3n) is 2.94. The molecule has 0 atom stereocenters. The molecule has 4 heteroatoms. The molecule has 0 aliphatic carbocycles. The number of hydrogen-bond acceptors (Lipinski definition) is 4. The maximum atomic E-state index is 12.1. The molecule has 3 nitrogen and oxygen atoms in total. The number of carbonyl (C=O) groups is 2. The third kappa shape index (κ3) is 3.27. The van der Waals surface area contributed by atoms with Gasteiger partial charge in [-0.05, 0) is 30.3 Å². The first-order valence-electron chi connectivity index (χ1n) is 6.10. The van der Waals surface area contributed by atoms with Crippen LogP contribution in [0.3, 0.4) is 0 Å². The van der Waals surface area contributed by atoms with Gasteiger partial charge in [0.1, 0.15) is 5.75 Å². The van der Waals surface area contributed by atoms with Crippen molar-refractivity contribution in [2.45, 2.75) is 11.3 Å². The van der Waals surface area contributed by atoms with Crippen LogP contribution >= 0.6 is 12.6 Å². The second kappa shape index (κ2) is 6.39. The van der Waals surface area contributed by atoms with Gasteiger partial charge in [-0.3, -0.25) is 9.59 Å². The minimum Gasteiger partial charge on any atom is -0.497 e. The van der Waals surface area contributed by atoms with Crippen LogP contribution in [0.1, 0.15) is 27.1 Å². The largest absolute Gasteiger partial charge is 0.497 e. The molecule has 0 fully saturated rings. The van der Waals surface area contributed by atoms with Crippen molar-refractivity contribution >= 4 is 24.2 Å². The SMILES string of the molecule is COc1ccc(C(=O)CC(=O)c2ccccc2S)cc1. The highest BCUT2D eigenvalue weighted by atomic mass is 32.1. The Hall–Kier alpha value is -2.07. The average Bonchev–Trinajstić information content (AvgIpc) is 2.47. The first kappa shape index (κ1) is 14.3. The molecular formula is C16H14O3S. The fourth-order valence-electron chi connectivity index (χ4n) is 1.83. The molecule has 2 aromatic rings. The highest BCUT2D eigenvalue weighted by Crippen LogP contribution is 2.17. The van der Waals surface area contributed by atoms with Crippen molar-refractivity contribution in [2.24, 2.45) is 0 Å². The number of carbonyl (C=O) groups excluding carboxylic acids is 2. The topological polar surface area (TPSA) is 43.4 Å². The van der Waals surface area contributed by atoms with E-state index in [9.17, 15) is 9.59 Å². The van der Waals surface area contributed by atoms with E-state index in [1.807, 2.05) is 0 Å². The van der Waals surface area contributed by atoms with Gasteiger partial charge in [0.05, 0.1) is 13.5 Å². The predicted molar refractivity (Wildman–Crippen MR) is 80.0 cm³/mol. The Morgan fingerprint density at radius 3 is 2.25 bits per heavy atom. The molecule has 0 spiro atoms. The van der Waals surface area contributed by atoms with Crippen LogP contribution in [-0.4, -0.2) is 18.7 Å². The molecule has 0 aliphatic rings. The van der Waals surface area contributed by atoms with Gasteiger partial charge in [-0.25, -0.2) is 0 Å². The second-order valence-corrected chi connectivity index (χ2v) is 4.75. The number of rotatable bonds is 5. The van der Waals surface area contributed by atoms with E-state index in [0.29, 0.717) is 21.8 Å². The van der Waals surface area contributed by atoms with E-state index in [0.717, 1.165) is 0 Å². The van der Waals surface area contributed by atoms with Gasteiger partial charge < -0.3 is 4.74 Å². The zero-order valence-corrected chi connectivity index (χ0v) is 11.9. The lowest BCUT2D eigenvalue weighted by molar-refractivity contribution is 0.0892. The van der Waals surface area contributed by atoms with E-state index >= 15 is 0 Å². The Morgan fingerprint density at radius 2 is 1.65 bits per heavy atom. The van der Waals surface area contributed by atoms with Gasteiger partial charge >= 0.3 is 0 Å². The molecule has 0 saturated heterocycles. The first-order valence-corrected chi connectivity index (χ1v) is 6.55. The van der Waals surface area contributed by atoms with Crippen LogP contribution < -0.4 is 4.74 Å². The average molecular weight is 286 g/mol. The Labute approximate surface area is 123 Å². The monoisotopic (exact) mass is 286 g/mol. The van der Waals surface area contributed by atoms with Crippen LogP contribution in [0, 0.1) is 0 Å². The van der Waals surface area contributed by atoms with Crippen LogP contribution in [0.5, 0.6) is 5.75 Å². The summed E-state index contributed by atoms with van der Waals surface area (Å²) in [5.41, 5.74) is 0.966. The molecule has 0 N–H and O–H groups in total. The molecule has 0 unspecified atom stereocenters. The maximum Gasteiger partial charge on any atom is 0.171 e. The van der Waals surface area contributed by atoms with Gasteiger partial charge in [0, 0.05) is 16.0 Å². The van der Waals surface area contributed by atoms with Gasteiger partial charge in [0.2, 0.25) is 0 Å². The number of thiol groups is 1. The highest BCUT2D eigenvalue weighted by molar-refractivity contribution is 7.80. The van der Waals surface area contributed by atoms with Crippen LogP contribution in [0.2, 0.25) is 0 Å². The summed E-state index contributed by atoms with van der Waals surface area (Å²) in [4.78, 5) is 24.7. The Balaban J connectivity index is 2.11. The van der Waals surface area contributed by atoms with Crippen LogP contribution in [-0.2, 0) is 0 Å². The Bertz CT molecular complexity index is 632. The summed E-state index contributed by atoms with van der Waals surface area (Å²) in [5.74, 6) is 0.235. The van der Waals surface area contributed by atoms with Gasteiger partial charge in [0.15, 0.2) is 11.6 Å². The van der Waals surface area contributed by atoms with E-state index in [1.165, 1.54) is 0 Å². The fraction of sp³-hybridized carbons (Fsp3) is 0.125. The van der Waals surface area contributed by atoms with Crippen molar-refractivity contribution in [3.63, 3.8) is 0 Å². The van der Waals surface area contributed by atoms with Gasteiger partial charge in [-0.1, -0.05) is 18.2 Å². The molecule has 2 aromatic carbocycles. The molecule has 0 bridgehead atoms.